The Kier molecular flexibility index (Phi) is 5.44. The van der Waals surface area contributed by atoms with Crippen molar-refractivity contribution in [1.82, 2.24) is 14.9 Å². The highest BCUT2D eigenvalue weighted by molar-refractivity contribution is 7.89. The van der Waals surface area contributed by atoms with Crippen LogP contribution in [0.15, 0.2) is 17.3 Å². The number of hydrogen-bond acceptors (Lipinski definition) is 4. The number of aromatic nitrogens is 2. The number of aromatic amines is 1. The zero-order valence-electron chi connectivity index (χ0n) is 9.27. The molecular formula is C9H17N3O3S. The van der Waals surface area contributed by atoms with Gasteiger partial charge in [0.2, 0.25) is 10.0 Å². The smallest absolute Gasteiger partial charge is 0.243 e. The summed E-state index contributed by atoms with van der Waals surface area (Å²) in [6.07, 6.45) is 4.25. The van der Waals surface area contributed by atoms with Gasteiger partial charge in [0.15, 0.2) is 0 Å². The molecule has 0 radical (unpaired) electrons. The Bertz CT molecular complexity index is 375. The van der Waals surface area contributed by atoms with Gasteiger partial charge in [-0.15, -0.1) is 0 Å². The van der Waals surface area contributed by atoms with Crippen molar-refractivity contribution in [3.8, 4) is 0 Å². The summed E-state index contributed by atoms with van der Waals surface area (Å²) in [7, 11) is -3.41. The van der Waals surface area contributed by atoms with Gasteiger partial charge in [-0.2, -0.15) is 5.10 Å². The normalized spacial score (nSPS) is 11.8. The van der Waals surface area contributed by atoms with E-state index in [4.69, 9.17) is 4.74 Å². The molecule has 0 aliphatic carbocycles. The van der Waals surface area contributed by atoms with Crippen LogP contribution < -0.4 is 4.72 Å². The number of rotatable bonds is 8. The Labute approximate surface area is 95.4 Å². The third kappa shape index (κ3) is 4.30. The van der Waals surface area contributed by atoms with Crippen molar-refractivity contribution in [3.05, 3.63) is 12.4 Å². The maximum Gasteiger partial charge on any atom is 0.243 e. The second-order valence-corrected chi connectivity index (χ2v) is 5.06. The lowest BCUT2D eigenvalue weighted by Gasteiger charge is -2.04. The lowest BCUT2D eigenvalue weighted by Crippen LogP contribution is -2.25. The number of nitrogens with one attached hydrogen (secondary N) is 2. The Morgan fingerprint density at radius 3 is 2.94 bits per heavy atom. The molecular weight excluding hydrogens is 230 g/mol. The van der Waals surface area contributed by atoms with Gasteiger partial charge in [0, 0.05) is 26.0 Å². The highest BCUT2D eigenvalue weighted by Gasteiger charge is 2.13. The van der Waals surface area contributed by atoms with Crippen LogP contribution in [0.3, 0.4) is 0 Å². The van der Waals surface area contributed by atoms with Gasteiger partial charge in [-0.3, -0.25) is 5.10 Å². The molecule has 0 spiro atoms. The van der Waals surface area contributed by atoms with E-state index < -0.39 is 10.0 Å². The van der Waals surface area contributed by atoms with Crippen LogP contribution in [-0.4, -0.2) is 38.4 Å². The van der Waals surface area contributed by atoms with Crippen molar-refractivity contribution in [1.29, 1.82) is 0 Å². The Balaban J connectivity index is 2.22. The minimum Gasteiger partial charge on any atom is -0.381 e. The van der Waals surface area contributed by atoms with Crippen LogP contribution in [0.5, 0.6) is 0 Å². The van der Waals surface area contributed by atoms with E-state index >= 15 is 0 Å². The molecule has 0 bridgehead atoms. The molecule has 16 heavy (non-hydrogen) atoms. The third-order valence-electron chi connectivity index (χ3n) is 1.89. The van der Waals surface area contributed by atoms with Crippen LogP contribution >= 0.6 is 0 Å². The SMILES string of the molecule is CCCOCCCNS(=O)(=O)c1cn[nH]c1. The summed E-state index contributed by atoms with van der Waals surface area (Å²) in [5, 5.41) is 6.05. The molecule has 0 aromatic carbocycles. The van der Waals surface area contributed by atoms with Gasteiger partial charge in [0.1, 0.15) is 4.90 Å². The van der Waals surface area contributed by atoms with Gasteiger partial charge in [-0.1, -0.05) is 6.92 Å². The van der Waals surface area contributed by atoms with Gasteiger partial charge >= 0.3 is 0 Å². The average molecular weight is 247 g/mol. The zero-order chi connectivity index (χ0) is 11.9. The molecule has 1 aromatic rings. The van der Waals surface area contributed by atoms with E-state index in [1.54, 1.807) is 0 Å². The van der Waals surface area contributed by atoms with Gasteiger partial charge in [0.05, 0.1) is 6.20 Å². The Hall–Kier alpha value is -0.920. The molecule has 0 amide bonds. The number of H-pyrrole nitrogens is 1. The monoisotopic (exact) mass is 247 g/mol. The van der Waals surface area contributed by atoms with Gasteiger partial charge in [-0.05, 0) is 12.8 Å². The minimum absolute atomic E-state index is 0.155. The van der Waals surface area contributed by atoms with E-state index in [2.05, 4.69) is 14.9 Å². The van der Waals surface area contributed by atoms with Gasteiger partial charge in [-0.25, -0.2) is 13.1 Å². The van der Waals surface area contributed by atoms with Crippen molar-refractivity contribution in [2.75, 3.05) is 19.8 Å². The van der Waals surface area contributed by atoms with Crippen LogP contribution in [-0.2, 0) is 14.8 Å². The summed E-state index contributed by atoms with van der Waals surface area (Å²) in [5.74, 6) is 0. The first kappa shape index (κ1) is 13.1. The fourth-order valence-corrected chi connectivity index (χ4v) is 2.08. The van der Waals surface area contributed by atoms with Crippen LogP contribution in [0.1, 0.15) is 19.8 Å². The number of hydrogen-bond donors (Lipinski definition) is 2. The van der Waals surface area contributed by atoms with Crippen molar-refractivity contribution >= 4 is 10.0 Å². The molecule has 0 saturated heterocycles. The average Bonchev–Trinajstić information content (AvgIpc) is 2.77. The van der Waals surface area contributed by atoms with Crippen molar-refractivity contribution in [2.45, 2.75) is 24.7 Å². The van der Waals surface area contributed by atoms with Crippen molar-refractivity contribution in [3.63, 3.8) is 0 Å². The van der Waals surface area contributed by atoms with Crippen molar-refractivity contribution < 1.29 is 13.2 Å². The van der Waals surface area contributed by atoms with Crippen LogP contribution in [0, 0.1) is 0 Å². The van der Waals surface area contributed by atoms with Gasteiger partial charge in [0.25, 0.3) is 0 Å². The first-order valence-electron chi connectivity index (χ1n) is 5.23. The van der Waals surface area contributed by atoms with E-state index in [0.717, 1.165) is 6.42 Å². The molecule has 1 aromatic heterocycles. The molecule has 0 saturated carbocycles. The molecule has 0 atom stereocenters. The molecule has 0 unspecified atom stereocenters. The molecule has 92 valence electrons. The number of nitrogens with zero attached hydrogens (tertiary/aromatic N) is 1. The van der Waals surface area contributed by atoms with Crippen molar-refractivity contribution in [2.24, 2.45) is 0 Å². The van der Waals surface area contributed by atoms with E-state index in [0.29, 0.717) is 26.2 Å². The number of ether oxygens (including phenoxy) is 1. The molecule has 2 N–H and O–H groups in total. The second kappa shape index (κ2) is 6.62. The third-order valence-corrected chi connectivity index (χ3v) is 3.32. The van der Waals surface area contributed by atoms with Gasteiger partial charge < -0.3 is 4.74 Å². The van der Waals surface area contributed by atoms with Crippen LogP contribution in [0.25, 0.3) is 0 Å². The molecule has 1 heterocycles. The molecule has 0 aliphatic rings. The lowest BCUT2D eigenvalue weighted by molar-refractivity contribution is 0.133. The summed E-state index contributed by atoms with van der Waals surface area (Å²) in [4.78, 5) is 0.155. The summed E-state index contributed by atoms with van der Waals surface area (Å²) >= 11 is 0. The summed E-state index contributed by atoms with van der Waals surface area (Å²) in [6.45, 7) is 3.69. The van der Waals surface area contributed by atoms with E-state index in [-0.39, 0.29) is 4.90 Å². The molecule has 0 aliphatic heterocycles. The minimum atomic E-state index is -3.41. The standard InChI is InChI=1S/C9H17N3O3S/c1-2-5-15-6-3-4-12-16(13,14)9-7-10-11-8-9/h7-8,12H,2-6H2,1H3,(H,10,11). The lowest BCUT2D eigenvalue weighted by atomic mass is 10.4. The second-order valence-electron chi connectivity index (χ2n) is 3.30. The van der Waals surface area contributed by atoms with E-state index in [1.807, 2.05) is 6.92 Å². The molecule has 7 heteroatoms. The summed E-state index contributed by atoms with van der Waals surface area (Å²) in [5.41, 5.74) is 0. The van der Waals surface area contributed by atoms with Crippen LogP contribution in [0.4, 0.5) is 0 Å². The first-order chi connectivity index (χ1) is 7.67. The Morgan fingerprint density at radius 2 is 2.31 bits per heavy atom. The molecule has 6 nitrogen and oxygen atoms in total. The first-order valence-corrected chi connectivity index (χ1v) is 6.71. The largest absolute Gasteiger partial charge is 0.381 e. The Morgan fingerprint density at radius 1 is 1.50 bits per heavy atom. The fourth-order valence-electron chi connectivity index (χ4n) is 1.10. The quantitative estimate of drug-likeness (QED) is 0.655. The van der Waals surface area contributed by atoms with Crippen LogP contribution in [0.2, 0.25) is 0 Å². The summed E-state index contributed by atoms with van der Waals surface area (Å²) < 4.78 is 30.8. The van der Waals surface area contributed by atoms with E-state index in [1.165, 1.54) is 12.4 Å². The highest BCUT2D eigenvalue weighted by Crippen LogP contribution is 2.03. The summed E-state index contributed by atoms with van der Waals surface area (Å²) in [6, 6.07) is 0. The molecule has 0 fully saturated rings. The maximum atomic E-state index is 11.6. The molecule has 1 rings (SSSR count). The maximum absolute atomic E-state index is 11.6. The highest BCUT2D eigenvalue weighted by atomic mass is 32.2. The fraction of sp³-hybridized carbons (Fsp3) is 0.667. The number of sulfonamides is 1. The zero-order valence-corrected chi connectivity index (χ0v) is 10.1. The topological polar surface area (TPSA) is 84.1 Å². The van der Waals surface area contributed by atoms with E-state index in [9.17, 15) is 8.42 Å². The predicted molar refractivity (Wildman–Crippen MR) is 59.5 cm³/mol. The predicted octanol–water partition coefficient (Wildman–Crippen LogP) is 0.505.